The van der Waals surface area contributed by atoms with Crippen molar-refractivity contribution in [1.29, 1.82) is 0 Å². The molecule has 2 aromatic rings. The molecule has 0 fully saturated rings. The van der Waals surface area contributed by atoms with Gasteiger partial charge in [-0.25, -0.2) is 23.6 Å². The highest BCUT2D eigenvalue weighted by molar-refractivity contribution is 6.00. The van der Waals surface area contributed by atoms with Crippen LogP contribution in [0.4, 0.5) is 24.7 Å². The molecule has 1 heterocycles. The standard InChI is InChI=1S/C17H17F3N4O4/c1-8-3-9(2)16(21-5-8)22-15-11(4-12(18)13(19)14(15)20)17(26)24-28-7-10(6-25)23-27/h3-5,10,25H,6-7H2,1-2H3,(H,21,22)(H,24,26). The Bertz CT molecular complexity index is 895. The van der Waals surface area contributed by atoms with Crippen LogP contribution >= 0.6 is 0 Å². The number of aryl methyl sites for hydroxylation is 2. The smallest absolute Gasteiger partial charge is 0.277 e. The quantitative estimate of drug-likeness (QED) is 0.358. The number of carbonyl (C=O) groups is 1. The number of carbonyl (C=O) groups excluding carboxylic acids is 1. The normalized spacial score (nSPS) is 11.8. The van der Waals surface area contributed by atoms with E-state index in [1.165, 1.54) is 6.20 Å². The largest absolute Gasteiger partial charge is 0.394 e. The van der Waals surface area contributed by atoms with Gasteiger partial charge in [0.2, 0.25) is 0 Å². The van der Waals surface area contributed by atoms with Gasteiger partial charge in [-0.05, 0) is 31.0 Å². The fourth-order valence-electron chi connectivity index (χ4n) is 2.24. The van der Waals surface area contributed by atoms with E-state index in [9.17, 15) is 22.9 Å². The molecule has 1 aromatic carbocycles. The van der Waals surface area contributed by atoms with Crippen LogP contribution < -0.4 is 10.8 Å². The van der Waals surface area contributed by atoms with Crippen LogP contribution in [0.15, 0.2) is 23.5 Å². The zero-order valence-corrected chi connectivity index (χ0v) is 14.9. The second-order valence-corrected chi connectivity index (χ2v) is 5.90. The van der Waals surface area contributed by atoms with Gasteiger partial charge in [-0.2, -0.15) is 4.91 Å². The number of aliphatic hydroxyl groups excluding tert-OH is 1. The number of nitroso groups, excluding NO2 is 1. The Morgan fingerprint density at radius 2 is 2.00 bits per heavy atom. The maximum absolute atomic E-state index is 14.3. The minimum absolute atomic E-state index is 0.135. The van der Waals surface area contributed by atoms with Crippen molar-refractivity contribution in [2.75, 3.05) is 18.5 Å². The number of rotatable bonds is 8. The molecule has 0 aliphatic carbocycles. The molecular formula is C17H17F3N4O4. The molecule has 8 nitrogen and oxygen atoms in total. The highest BCUT2D eigenvalue weighted by Crippen LogP contribution is 2.29. The summed E-state index contributed by atoms with van der Waals surface area (Å²) in [6.45, 7) is 2.35. The van der Waals surface area contributed by atoms with Gasteiger partial charge in [0.15, 0.2) is 17.5 Å². The molecule has 28 heavy (non-hydrogen) atoms. The molecule has 11 heteroatoms. The lowest BCUT2D eigenvalue weighted by Crippen LogP contribution is -2.30. The van der Waals surface area contributed by atoms with E-state index in [2.05, 4.69) is 15.5 Å². The third-order valence-electron chi connectivity index (χ3n) is 3.67. The fraction of sp³-hybridized carbons (Fsp3) is 0.294. The maximum atomic E-state index is 14.3. The van der Waals surface area contributed by atoms with E-state index in [0.29, 0.717) is 11.6 Å². The fourth-order valence-corrected chi connectivity index (χ4v) is 2.24. The number of nitrogens with one attached hydrogen (secondary N) is 2. The summed E-state index contributed by atoms with van der Waals surface area (Å²) in [6, 6.07) is 1.07. The Balaban J connectivity index is 2.32. The van der Waals surface area contributed by atoms with Crippen LogP contribution in [0.3, 0.4) is 0 Å². The molecule has 1 unspecified atom stereocenters. The predicted molar refractivity (Wildman–Crippen MR) is 93.4 cm³/mol. The predicted octanol–water partition coefficient (Wildman–Crippen LogP) is 2.65. The molecule has 0 spiro atoms. The SMILES string of the molecule is Cc1cnc(Nc2c(C(=O)NOCC(CO)N=O)cc(F)c(F)c2F)c(C)c1. The summed E-state index contributed by atoms with van der Waals surface area (Å²) in [5.74, 6) is -5.95. The number of halogens is 3. The summed E-state index contributed by atoms with van der Waals surface area (Å²) in [7, 11) is 0. The Morgan fingerprint density at radius 3 is 2.61 bits per heavy atom. The van der Waals surface area contributed by atoms with Crippen LogP contribution in [0.5, 0.6) is 0 Å². The first-order valence-electron chi connectivity index (χ1n) is 8.01. The molecule has 0 aliphatic rings. The molecule has 1 atom stereocenters. The van der Waals surface area contributed by atoms with Crippen LogP contribution in [-0.4, -0.2) is 35.3 Å². The van der Waals surface area contributed by atoms with Gasteiger partial charge >= 0.3 is 0 Å². The molecule has 1 amide bonds. The van der Waals surface area contributed by atoms with Crippen molar-refractivity contribution in [3.63, 3.8) is 0 Å². The number of hydrogen-bond donors (Lipinski definition) is 3. The van der Waals surface area contributed by atoms with Gasteiger partial charge in [-0.15, -0.1) is 0 Å². The minimum atomic E-state index is -1.77. The van der Waals surface area contributed by atoms with Crippen LogP contribution in [0, 0.1) is 36.2 Å². The molecule has 0 saturated heterocycles. The lowest BCUT2D eigenvalue weighted by molar-refractivity contribution is 0.0204. The molecule has 2 rings (SSSR count). The van der Waals surface area contributed by atoms with Crippen molar-refractivity contribution in [3.05, 3.63) is 57.4 Å². The number of anilines is 2. The number of aromatic nitrogens is 1. The third kappa shape index (κ3) is 4.81. The van der Waals surface area contributed by atoms with E-state index >= 15 is 0 Å². The minimum Gasteiger partial charge on any atom is -0.394 e. The van der Waals surface area contributed by atoms with E-state index in [4.69, 9.17) is 9.94 Å². The van der Waals surface area contributed by atoms with Gasteiger partial charge in [-0.3, -0.25) is 9.63 Å². The van der Waals surface area contributed by atoms with Gasteiger partial charge in [0, 0.05) is 6.20 Å². The molecule has 0 radical (unpaired) electrons. The molecular weight excluding hydrogens is 381 g/mol. The number of nitrogens with zero attached hydrogens (tertiary/aromatic N) is 2. The number of aliphatic hydroxyl groups is 1. The van der Waals surface area contributed by atoms with E-state index in [1.807, 2.05) is 5.48 Å². The summed E-state index contributed by atoms with van der Waals surface area (Å²) in [6.07, 6.45) is 1.47. The number of amides is 1. The van der Waals surface area contributed by atoms with Crippen molar-refractivity contribution in [3.8, 4) is 0 Å². The Labute approximate surface area is 157 Å². The average Bonchev–Trinajstić information content (AvgIpc) is 2.67. The van der Waals surface area contributed by atoms with Crippen molar-refractivity contribution in [2.24, 2.45) is 5.18 Å². The summed E-state index contributed by atoms with van der Waals surface area (Å²) in [5, 5.41) is 13.8. The lowest BCUT2D eigenvalue weighted by Gasteiger charge is -2.15. The molecule has 0 bridgehead atoms. The van der Waals surface area contributed by atoms with Crippen molar-refractivity contribution < 1.29 is 27.9 Å². The topological polar surface area (TPSA) is 113 Å². The van der Waals surface area contributed by atoms with Crippen LogP contribution in [-0.2, 0) is 4.84 Å². The number of hydroxylamine groups is 1. The number of pyridine rings is 1. The Kier molecular flexibility index (Phi) is 7.01. The van der Waals surface area contributed by atoms with Gasteiger partial charge in [0.25, 0.3) is 5.91 Å². The summed E-state index contributed by atoms with van der Waals surface area (Å²) in [4.78, 5) is 31.4. The van der Waals surface area contributed by atoms with Crippen molar-refractivity contribution in [2.45, 2.75) is 19.9 Å². The van der Waals surface area contributed by atoms with Crippen molar-refractivity contribution >= 4 is 17.4 Å². The molecule has 3 N–H and O–H groups in total. The van der Waals surface area contributed by atoms with Gasteiger partial charge in [-0.1, -0.05) is 11.2 Å². The average molecular weight is 398 g/mol. The van der Waals surface area contributed by atoms with Crippen LogP contribution in [0.2, 0.25) is 0 Å². The van der Waals surface area contributed by atoms with E-state index < -0.39 is 53.9 Å². The van der Waals surface area contributed by atoms with Crippen LogP contribution in [0.1, 0.15) is 21.5 Å². The Hall–Kier alpha value is -3.05. The first-order chi connectivity index (χ1) is 13.3. The van der Waals surface area contributed by atoms with E-state index in [0.717, 1.165) is 5.56 Å². The monoisotopic (exact) mass is 398 g/mol. The molecule has 150 valence electrons. The van der Waals surface area contributed by atoms with Gasteiger partial charge < -0.3 is 10.4 Å². The Morgan fingerprint density at radius 1 is 1.29 bits per heavy atom. The molecule has 1 aromatic heterocycles. The third-order valence-corrected chi connectivity index (χ3v) is 3.67. The van der Waals surface area contributed by atoms with Crippen LogP contribution in [0.25, 0.3) is 0 Å². The number of hydrogen-bond acceptors (Lipinski definition) is 7. The maximum Gasteiger partial charge on any atom is 0.277 e. The van der Waals surface area contributed by atoms with E-state index in [-0.39, 0.29) is 5.82 Å². The molecule has 0 saturated carbocycles. The second-order valence-electron chi connectivity index (χ2n) is 5.90. The number of benzene rings is 1. The van der Waals surface area contributed by atoms with E-state index in [1.54, 1.807) is 19.9 Å². The summed E-state index contributed by atoms with van der Waals surface area (Å²) >= 11 is 0. The summed E-state index contributed by atoms with van der Waals surface area (Å²) in [5.41, 5.74) is 2.01. The summed E-state index contributed by atoms with van der Waals surface area (Å²) < 4.78 is 41.7. The van der Waals surface area contributed by atoms with Gasteiger partial charge in [0.05, 0.1) is 17.9 Å². The van der Waals surface area contributed by atoms with Gasteiger partial charge in [0.1, 0.15) is 18.5 Å². The van der Waals surface area contributed by atoms with Crippen molar-refractivity contribution in [1.82, 2.24) is 10.5 Å². The first kappa shape index (κ1) is 21.3. The molecule has 0 aliphatic heterocycles. The lowest BCUT2D eigenvalue weighted by atomic mass is 10.1. The second kappa shape index (κ2) is 9.24. The highest BCUT2D eigenvalue weighted by Gasteiger charge is 2.24. The first-order valence-corrected chi connectivity index (χ1v) is 8.01. The highest BCUT2D eigenvalue weighted by atomic mass is 19.2. The zero-order valence-electron chi connectivity index (χ0n) is 14.9. The zero-order chi connectivity index (χ0) is 20.8.